The van der Waals surface area contributed by atoms with Gasteiger partial charge in [-0.25, -0.2) is 4.98 Å². The molecule has 4 rings (SSSR count). The molecule has 1 saturated heterocycles. The number of fused-ring (bicyclic) bond motifs is 1. The van der Waals surface area contributed by atoms with Crippen molar-refractivity contribution in [2.75, 3.05) is 31.2 Å². The molecule has 1 saturated carbocycles. The number of nitrogens with one attached hydrogen (secondary N) is 1. The lowest BCUT2D eigenvalue weighted by Gasteiger charge is -2.28. The summed E-state index contributed by atoms with van der Waals surface area (Å²) < 4.78 is 7.12. The molecule has 7 heteroatoms. The first-order valence-electron chi connectivity index (χ1n) is 10.8. The highest BCUT2D eigenvalue weighted by Crippen LogP contribution is 2.18. The maximum atomic E-state index is 13.2. The molecule has 2 aliphatic rings. The van der Waals surface area contributed by atoms with Gasteiger partial charge in [0, 0.05) is 32.1 Å². The topological polar surface area (TPSA) is 76.5 Å². The Labute approximate surface area is 171 Å². The number of para-hydroxylation sites is 2. The van der Waals surface area contributed by atoms with Gasteiger partial charge in [-0.15, -0.1) is 0 Å². The molecule has 1 aromatic heterocycles. The third-order valence-electron chi connectivity index (χ3n) is 5.93. The number of aryl methyl sites for hydroxylation is 1. The maximum Gasteiger partial charge on any atom is 0.294 e. The summed E-state index contributed by atoms with van der Waals surface area (Å²) >= 11 is 0. The van der Waals surface area contributed by atoms with Crippen molar-refractivity contribution in [3.8, 4) is 0 Å². The Bertz CT molecular complexity index is 897. The Balaban J connectivity index is 1.53. The highest BCUT2D eigenvalue weighted by molar-refractivity contribution is 5.78. The average molecular weight is 399 g/mol. The van der Waals surface area contributed by atoms with Crippen molar-refractivity contribution in [1.82, 2.24) is 14.9 Å². The van der Waals surface area contributed by atoms with Gasteiger partial charge >= 0.3 is 0 Å². The molecule has 1 N–H and O–H groups in total. The summed E-state index contributed by atoms with van der Waals surface area (Å²) in [6.45, 7) is 2.86. The number of amides is 1. The highest BCUT2D eigenvalue weighted by Gasteiger charge is 2.20. The van der Waals surface area contributed by atoms with Crippen LogP contribution in [0.1, 0.15) is 44.9 Å². The summed E-state index contributed by atoms with van der Waals surface area (Å²) in [6, 6.07) is 7.92. The number of carbonyl (C=O) groups excluding carboxylic acids is 1. The summed E-state index contributed by atoms with van der Waals surface area (Å²) in [5.41, 5.74) is 1.42. The third-order valence-corrected chi connectivity index (χ3v) is 5.93. The van der Waals surface area contributed by atoms with Crippen LogP contribution in [0, 0.1) is 0 Å². The zero-order chi connectivity index (χ0) is 20.1. The van der Waals surface area contributed by atoms with Gasteiger partial charge in [-0.1, -0.05) is 37.8 Å². The van der Waals surface area contributed by atoms with Crippen molar-refractivity contribution in [3.05, 3.63) is 34.6 Å². The Morgan fingerprint density at radius 3 is 2.59 bits per heavy atom. The van der Waals surface area contributed by atoms with Crippen molar-refractivity contribution in [3.63, 3.8) is 0 Å². The fourth-order valence-electron chi connectivity index (χ4n) is 4.32. The number of hydrogen-bond donors (Lipinski definition) is 1. The molecule has 0 unspecified atom stereocenters. The molecule has 2 fully saturated rings. The van der Waals surface area contributed by atoms with Gasteiger partial charge in [-0.05, 0) is 25.0 Å². The van der Waals surface area contributed by atoms with Crippen molar-refractivity contribution < 1.29 is 9.53 Å². The first kappa shape index (κ1) is 19.9. The predicted octanol–water partition coefficient (Wildman–Crippen LogP) is 2.46. The second-order valence-electron chi connectivity index (χ2n) is 7.99. The van der Waals surface area contributed by atoms with Gasteiger partial charge in [0.25, 0.3) is 5.56 Å². The van der Waals surface area contributed by atoms with Crippen LogP contribution >= 0.6 is 0 Å². The average Bonchev–Trinajstić information content (AvgIpc) is 3.02. The van der Waals surface area contributed by atoms with Crippen LogP contribution in [0.3, 0.4) is 0 Å². The van der Waals surface area contributed by atoms with Crippen LogP contribution in [0.4, 0.5) is 5.82 Å². The first-order valence-corrected chi connectivity index (χ1v) is 10.8. The molecule has 1 amide bonds. The van der Waals surface area contributed by atoms with E-state index in [2.05, 4.69) is 10.3 Å². The number of morpholine rings is 1. The van der Waals surface area contributed by atoms with Gasteiger partial charge in [-0.2, -0.15) is 0 Å². The monoisotopic (exact) mass is 398 g/mol. The standard InChI is InChI=1S/C22H30N4O3/c27-20(23-17-7-3-1-2-4-8-17)11-12-26-19-10-6-5-9-18(19)24-21(22(26)28)25-13-15-29-16-14-25/h5-6,9-10,17H,1-4,7-8,11-16H2,(H,23,27). The number of rotatable bonds is 5. The largest absolute Gasteiger partial charge is 0.378 e. The van der Waals surface area contributed by atoms with Gasteiger partial charge < -0.3 is 19.5 Å². The van der Waals surface area contributed by atoms with E-state index in [1.54, 1.807) is 4.57 Å². The third kappa shape index (κ3) is 4.78. The Morgan fingerprint density at radius 1 is 1.10 bits per heavy atom. The molecule has 0 radical (unpaired) electrons. The second kappa shape index (κ2) is 9.39. The SMILES string of the molecule is O=C(CCn1c(=O)c(N2CCOCC2)nc2ccccc21)NC1CCCCCC1. The molecule has 2 aromatic rings. The van der Waals surface area contributed by atoms with E-state index in [0.717, 1.165) is 23.9 Å². The Hall–Kier alpha value is -2.41. The molecular weight excluding hydrogens is 368 g/mol. The van der Waals surface area contributed by atoms with Crippen molar-refractivity contribution in [2.45, 2.75) is 57.5 Å². The fourth-order valence-corrected chi connectivity index (χ4v) is 4.32. The molecule has 29 heavy (non-hydrogen) atoms. The van der Waals surface area contributed by atoms with Crippen LogP contribution in [-0.4, -0.2) is 47.8 Å². The van der Waals surface area contributed by atoms with E-state index in [-0.39, 0.29) is 17.5 Å². The number of hydrogen-bond acceptors (Lipinski definition) is 5. The fraction of sp³-hybridized carbons (Fsp3) is 0.591. The number of benzene rings is 1. The van der Waals surface area contributed by atoms with Crippen LogP contribution in [0.5, 0.6) is 0 Å². The molecule has 0 bridgehead atoms. The van der Waals surface area contributed by atoms with Gasteiger partial charge in [0.2, 0.25) is 5.91 Å². The number of aromatic nitrogens is 2. The van der Waals surface area contributed by atoms with Crippen LogP contribution in [0.15, 0.2) is 29.1 Å². The van der Waals surface area contributed by atoms with Crippen molar-refractivity contribution in [1.29, 1.82) is 0 Å². The molecule has 1 aliphatic carbocycles. The summed E-state index contributed by atoms with van der Waals surface area (Å²) in [4.78, 5) is 32.4. The summed E-state index contributed by atoms with van der Waals surface area (Å²) in [7, 11) is 0. The van der Waals surface area contributed by atoms with Gasteiger partial charge in [0.15, 0.2) is 5.82 Å². The van der Waals surface area contributed by atoms with Crippen LogP contribution in [-0.2, 0) is 16.1 Å². The van der Waals surface area contributed by atoms with E-state index in [9.17, 15) is 9.59 Å². The molecule has 1 aliphatic heterocycles. The quantitative estimate of drug-likeness (QED) is 0.783. The minimum atomic E-state index is -0.132. The summed E-state index contributed by atoms with van der Waals surface area (Å²) in [5, 5.41) is 3.18. The van der Waals surface area contributed by atoms with Crippen LogP contribution in [0.25, 0.3) is 11.0 Å². The molecule has 1 aromatic carbocycles. The smallest absolute Gasteiger partial charge is 0.294 e. The van der Waals surface area contributed by atoms with Gasteiger partial charge in [0.05, 0.1) is 24.2 Å². The van der Waals surface area contributed by atoms with Crippen molar-refractivity contribution >= 4 is 22.8 Å². The van der Waals surface area contributed by atoms with Crippen molar-refractivity contribution in [2.24, 2.45) is 0 Å². The molecule has 2 heterocycles. The molecule has 0 atom stereocenters. The van der Waals surface area contributed by atoms with E-state index in [1.807, 2.05) is 29.2 Å². The minimum Gasteiger partial charge on any atom is -0.378 e. The summed E-state index contributed by atoms with van der Waals surface area (Å²) in [5.74, 6) is 0.480. The lowest BCUT2D eigenvalue weighted by Crippen LogP contribution is -2.41. The Morgan fingerprint density at radius 2 is 1.83 bits per heavy atom. The number of carbonyl (C=O) groups is 1. The van der Waals surface area contributed by atoms with Gasteiger partial charge in [0.1, 0.15) is 0 Å². The Kier molecular flexibility index (Phi) is 6.44. The van der Waals surface area contributed by atoms with E-state index in [4.69, 9.17) is 4.74 Å². The minimum absolute atomic E-state index is 0.0256. The van der Waals surface area contributed by atoms with E-state index in [1.165, 1.54) is 25.7 Å². The van der Waals surface area contributed by atoms with Gasteiger partial charge in [-0.3, -0.25) is 9.59 Å². The van der Waals surface area contributed by atoms with E-state index < -0.39 is 0 Å². The molecule has 0 spiro atoms. The number of nitrogens with zero attached hydrogens (tertiary/aromatic N) is 3. The van der Waals surface area contributed by atoms with Crippen LogP contribution < -0.4 is 15.8 Å². The molecule has 156 valence electrons. The second-order valence-corrected chi connectivity index (χ2v) is 7.99. The lowest BCUT2D eigenvalue weighted by atomic mass is 10.1. The molecular formula is C22H30N4O3. The zero-order valence-electron chi connectivity index (χ0n) is 16.9. The number of ether oxygens (including phenoxy) is 1. The predicted molar refractivity (Wildman–Crippen MR) is 113 cm³/mol. The van der Waals surface area contributed by atoms with E-state index in [0.29, 0.717) is 45.1 Å². The maximum absolute atomic E-state index is 13.2. The normalized spacial score (nSPS) is 18.6. The number of anilines is 1. The lowest BCUT2D eigenvalue weighted by molar-refractivity contribution is -0.122. The van der Waals surface area contributed by atoms with Crippen LogP contribution in [0.2, 0.25) is 0 Å². The summed E-state index contributed by atoms with van der Waals surface area (Å²) in [6.07, 6.45) is 7.30. The zero-order valence-corrected chi connectivity index (χ0v) is 16.9. The highest BCUT2D eigenvalue weighted by atomic mass is 16.5. The molecule has 7 nitrogen and oxygen atoms in total. The first-order chi connectivity index (χ1) is 14.2. The van der Waals surface area contributed by atoms with E-state index >= 15 is 0 Å².